The Bertz CT molecular complexity index is 1040. The molecule has 0 aliphatic carbocycles. The largest absolute Gasteiger partial charge is 0.573 e. The first kappa shape index (κ1) is 22.6. The van der Waals surface area contributed by atoms with Crippen LogP contribution in [0.4, 0.5) is 24.9 Å². The van der Waals surface area contributed by atoms with Crippen LogP contribution in [0.5, 0.6) is 5.75 Å². The average molecular weight is 472 g/mol. The highest BCUT2D eigenvalue weighted by Crippen LogP contribution is 2.32. The van der Waals surface area contributed by atoms with E-state index in [9.17, 15) is 21.6 Å². The third-order valence-electron chi connectivity index (χ3n) is 5.52. The summed E-state index contributed by atoms with van der Waals surface area (Å²) in [5.74, 6) is 0.637. The number of benzene rings is 1. The molecule has 0 saturated carbocycles. The van der Waals surface area contributed by atoms with Gasteiger partial charge in [-0.05, 0) is 37.5 Å². The van der Waals surface area contributed by atoms with Crippen LogP contribution < -0.4 is 14.5 Å². The van der Waals surface area contributed by atoms with Crippen LogP contribution in [0.25, 0.3) is 0 Å². The first-order valence-electron chi connectivity index (χ1n) is 10.4. The van der Waals surface area contributed by atoms with Crippen molar-refractivity contribution in [2.24, 2.45) is 0 Å². The summed E-state index contributed by atoms with van der Waals surface area (Å²) in [7, 11) is -4.16. The summed E-state index contributed by atoms with van der Waals surface area (Å²) in [6, 6.07) is 6.57. The number of aromatic nitrogens is 2. The van der Waals surface area contributed by atoms with Crippen molar-refractivity contribution >= 4 is 21.8 Å². The number of sulfonamides is 1. The number of rotatable bonds is 5. The lowest BCUT2D eigenvalue weighted by molar-refractivity contribution is -0.275. The molecule has 4 rings (SSSR count). The van der Waals surface area contributed by atoms with Gasteiger partial charge in [0.05, 0.1) is 0 Å². The molecule has 8 nitrogen and oxygen atoms in total. The number of alkyl halides is 3. The van der Waals surface area contributed by atoms with Gasteiger partial charge in [0, 0.05) is 45.5 Å². The second kappa shape index (κ2) is 9.10. The van der Waals surface area contributed by atoms with Crippen LogP contribution in [-0.4, -0.2) is 68.3 Å². The Labute approximate surface area is 184 Å². The monoisotopic (exact) mass is 471 g/mol. The lowest BCUT2D eigenvalue weighted by Crippen LogP contribution is -2.49. The zero-order valence-electron chi connectivity index (χ0n) is 17.3. The molecule has 3 heterocycles. The van der Waals surface area contributed by atoms with Crippen molar-refractivity contribution in [1.29, 1.82) is 0 Å². The van der Waals surface area contributed by atoms with Gasteiger partial charge >= 0.3 is 6.36 Å². The number of piperazine rings is 1. The van der Waals surface area contributed by atoms with Crippen LogP contribution >= 0.6 is 0 Å². The molecule has 0 bridgehead atoms. The third-order valence-corrected chi connectivity index (χ3v) is 7.46. The van der Waals surface area contributed by atoms with E-state index in [0.717, 1.165) is 38.1 Å². The molecule has 174 valence electrons. The van der Waals surface area contributed by atoms with E-state index in [1.165, 1.54) is 22.9 Å². The summed E-state index contributed by atoms with van der Waals surface area (Å²) in [6.07, 6.45) is 0.112. The molecule has 32 heavy (non-hydrogen) atoms. The molecule has 0 amide bonds. The van der Waals surface area contributed by atoms with Gasteiger partial charge in [0.15, 0.2) is 0 Å². The van der Waals surface area contributed by atoms with E-state index in [0.29, 0.717) is 24.9 Å². The van der Waals surface area contributed by atoms with E-state index >= 15 is 0 Å². The maximum Gasteiger partial charge on any atom is 0.573 e. The van der Waals surface area contributed by atoms with E-state index < -0.39 is 27.0 Å². The number of ether oxygens (including phenoxy) is 1. The summed E-state index contributed by atoms with van der Waals surface area (Å²) in [5, 5.41) is 0. The normalized spacial score (nSPS) is 18.6. The van der Waals surface area contributed by atoms with Gasteiger partial charge in [0.25, 0.3) is 0 Å². The highest BCUT2D eigenvalue weighted by molar-refractivity contribution is 7.89. The molecule has 0 spiro atoms. The first-order valence-corrected chi connectivity index (χ1v) is 11.9. The van der Waals surface area contributed by atoms with Crippen molar-refractivity contribution < 1.29 is 26.3 Å². The molecule has 2 saturated heterocycles. The lowest BCUT2D eigenvalue weighted by atomic mass is 10.1. The quantitative estimate of drug-likeness (QED) is 0.664. The van der Waals surface area contributed by atoms with E-state index in [-0.39, 0.29) is 13.1 Å². The summed E-state index contributed by atoms with van der Waals surface area (Å²) in [6.45, 7) is 2.77. The van der Waals surface area contributed by atoms with Gasteiger partial charge in [-0.1, -0.05) is 12.1 Å². The second-order valence-electron chi connectivity index (χ2n) is 7.65. The molecule has 0 N–H and O–H groups in total. The van der Waals surface area contributed by atoms with Crippen LogP contribution in [0.1, 0.15) is 19.3 Å². The molecule has 0 radical (unpaired) electrons. The maximum atomic E-state index is 13.0. The van der Waals surface area contributed by atoms with Gasteiger partial charge < -0.3 is 14.5 Å². The van der Waals surface area contributed by atoms with Crippen LogP contribution in [0.15, 0.2) is 41.4 Å². The molecular weight excluding hydrogens is 447 g/mol. The highest BCUT2D eigenvalue weighted by Gasteiger charge is 2.36. The Kier molecular flexibility index (Phi) is 6.42. The van der Waals surface area contributed by atoms with Gasteiger partial charge in [-0.15, -0.1) is 13.2 Å². The minimum absolute atomic E-state index is 0.117. The average Bonchev–Trinajstić information content (AvgIpc) is 2.79. The van der Waals surface area contributed by atoms with Crippen molar-refractivity contribution in [3.63, 3.8) is 0 Å². The number of anilines is 2. The molecule has 0 unspecified atom stereocenters. The van der Waals surface area contributed by atoms with Crippen LogP contribution in [0, 0.1) is 0 Å². The van der Waals surface area contributed by atoms with Crippen molar-refractivity contribution in [1.82, 2.24) is 14.3 Å². The van der Waals surface area contributed by atoms with Crippen molar-refractivity contribution in [2.45, 2.75) is 30.5 Å². The first-order chi connectivity index (χ1) is 15.2. The molecule has 2 aliphatic heterocycles. The number of nitrogens with zero attached hydrogens (tertiary/aromatic N) is 5. The summed E-state index contributed by atoms with van der Waals surface area (Å²) >= 11 is 0. The van der Waals surface area contributed by atoms with E-state index in [1.807, 2.05) is 4.90 Å². The molecular formula is C20H24F3N5O3S. The molecule has 1 aromatic carbocycles. The SMILES string of the molecule is O=S(=O)(c1ccccc1OC(F)(F)F)N1CCN(c2ccnc(N3CCCCC3)n2)CC1. The van der Waals surface area contributed by atoms with Gasteiger partial charge in [0.2, 0.25) is 16.0 Å². The second-order valence-corrected chi connectivity index (χ2v) is 9.55. The van der Waals surface area contributed by atoms with E-state index in [1.54, 1.807) is 12.3 Å². The van der Waals surface area contributed by atoms with Crippen LogP contribution in [-0.2, 0) is 10.0 Å². The van der Waals surface area contributed by atoms with Crippen LogP contribution in [0.2, 0.25) is 0 Å². The molecule has 12 heteroatoms. The van der Waals surface area contributed by atoms with Gasteiger partial charge in [-0.25, -0.2) is 13.4 Å². The summed E-state index contributed by atoms with van der Waals surface area (Å²) in [5.41, 5.74) is 0. The van der Waals surface area contributed by atoms with Crippen molar-refractivity contribution in [3.05, 3.63) is 36.5 Å². The fraction of sp³-hybridized carbons (Fsp3) is 0.500. The number of hydrogen-bond donors (Lipinski definition) is 0. The fourth-order valence-electron chi connectivity index (χ4n) is 3.93. The van der Waals surface area contributed by atoms with Crippen molar-refractivity contribution in [2.75, 3.05) is 49.1 Å². The molecule has 2 fully saturated rings. The van der Waals surface area contributed by atoms with Crippen molar-refractivity contribution in [3.8, 4) is 5.75 Å². The smallest absolute Gasteiger partial charge is 0.404 e. The minimum atomic E-state index is -4.98. The highest BCUT2D eigenvalue weighted by atomic mass is 32.2. The molecule has 2 aliphatic rings. The number of piperidine rings is 1. The van der Waals surface area contributed by atoms with E-state index in [4.69, 9.17) is 0 Å². The zero-order chi connectivity index (χ0) is 22.8. The predicted octanol–water partition coefficient (Wildman–Crippen LogP) is 2.88. The molecule has 2 aromatic rings. The topological polar surface area (TPSA) is 78.9 Å². The Morgan fingerprint density at radius 3 is 2.25 bits per heavy atom. The standard InChI is InChI=1S/C20H24F3N5O3S/c21-20(22,23)31-16-6-2-3-7-17(16)32(29,30)28-14-12-26(13-15-28)18-8-9-24-19(25-18)27-10-4-1-5-11-27/h2-3,6-9H,1,4-5,10-15H2. The number of halogens is 3. The predicted molar refractivity (Wildman–Crippen MR) is 112 cm³/mol. The minimum Gasteiger partial charge on any atom is -0.404 e. The lowest BCUT2D eigenvalue weighted by Gasteiger charge is -2.35. The van der Waals surface area contributed by atoms with Gasteiger partial charge in [-0.2, -0.15) is 9.29 Å². The molecule has 1 aromatic heterocycles. The fourth-order valence-corrected chi connectivity index (χ4v) is 5.47. The summed E-state index contributed by atoms with van der Waals surface area (Å²) < 4.78 is 69.3. The summed E-state index contributed by atoms with van der Waals surface area (Å²) in [4.78, 5) is 12.6. The Hall–Kier alpha value is -2.60. The van der Waals surface area contributed by atoms with Gasteiger partial charge in [0.1, 0.15) is 16.5 Å². The number of para-hydroxylation sites is 1. The maximum absolute atomic E-state index is 13.0. The van der Waals surface area contributed by atoms with Crippen LogP contribution in [0.3, 0.4) is 0 Å². The Balaban J connectivity index is 1.46. The molecule has 0 atom stereocenters. The number of hydrogen-bond acceptors (Lipinski definition) is 7. The van der Waals surface area contributed by atoms with Gasteiger partial charge in [-0.3, -0.25) is 0 Å². The Morgan fingerprint density at radius 1 is 0.875 bits per heavy atom. The third kappa shape index (κ3) is 5.07. The zero-order valence-corrected chi connectivity index (χ0v) is 18.1. The Morgan fingerprint density at radius 2 is 1.56 bits per heavy atom. The van der Waals surface area contributed by atoms with E-state index in [2.05, 4.69) is 19.6 Å².